The molecule has 1 spiro atoms. The van der Waals surface area contributed by atoms with Gasteiger partial charge in [-0.2, -0.15) is 0 Å². The van der Waals surface area contributed by atoms with Gasteiger partial charge in [0.2, 0.25) is 0 Å². The van der Waals surface area contributed by atoms with Gasteiger partial charge in [0.15, 0.2) is 0 Å². The topological polar surface area (TPSA) is 15.3 Å². The highest BCUT2D eigenvalue weighted by Crippen LogP contribution is 2.48. The van der Waals surface area contributed by atoms with Crippen molar-refractivity contribution < 1.29 is 0 Å². The molecule has 2 nitrogen and oxygen atoms in total. The Labute approximate surface area is 124 Å². The first-order chi connectivity index (χ1) is 7.77. The molecule has 2 saturated heterocycles. The van der Waals surface area contributed by atoms with Crippen molar-refractivity contribution in [3.8, 4) is 0 Å². The van der Waals surface area contributed by atoms with Crippen LogP contribution in [0.2, 0.25) is 0 Å². The second-order valence-electron chi connectivity index (χ2n) is 6.46. The number of nitrogens with zero attached hydrogens (tertiary/aromatic N) is 1. The Hall–Kier alpha value is 0.500. The maximum absolute atomic E-state index is 3.57. The molecule has 108 valence electrons. The van der Waals surface area contributed by atoms with Gasteiger partial charge in [0.1, 0.15) is 0 Å². The fourth-order valence-corrected chi connectivity index (χ4v) is 4.08. The van der Waals surface area contributed by atoms with Gasteiger partial charge in [-0.05, 0) is 64.0 Å². The molecule has 2 unspecified atom stereocenters. The van der Waals surface area contributed by atoms with Crippen molar-refractivity contribution in [1.82, 2.24) is 10.2 Å². The molecular weight excluding hydrogens is 267 g/mol. The van der Waals surface area contributed by atoms with Gasteiger partial charge in [-0.25, -0.2) is 0 Å². The molecule has 0 aromatic heterocycles. The zero-order valence-electron chi connectivity index (χ0n) is 11.5. The molecule has 0 aromatic carbocycles. The zero-order chi connectivity index (χ0) is 11.0. The van der Waals surface area contributed by atoms with E-state index in [1.54, 1.807) is 0 Å². The first-order valence-electron chi connectivity index (χ1n) is 7.25. The van der Waals surface area contributed by atoms with Gasteiger partial charge in [-0.3, -0.25) is 4.90 Å². The molecule has 0 aromatic rings. The SMILES string of the molecule is CC1CC(N2CCCC3(CCC3)C2)CCN1.Cl.Cl. The van der Waals surface area contributed by atoms with E-state index < -0.39 is 0 Å². The molecule has 3 aliphatic rings. The van der Waals surface area contributed by atoms with Crippen LogP contribution in [-0.2, 0) is 0 Å². The Kier molecular flexibility index (Phi) is 6.24. The number of rotatable bonds is 1. The Morgan fingerprint density at radius 3 is 2.44 bits per heavy atom. The summed E-state index contributed by atoms with van der Waals surface area (Å²) in [5, 5.41) is 3.57. The summed E-state index contributed by atoms with van der Waals surface area (Å²) in [6, 6.07) is 1.62. The monoisotopic (exact) mass is 294 g/mol. The van der Waals surface area contributed by atoms with Crippen LogP contribution in [0.15, 0.2) is 0 Å². The Morgan fingerprint density at radius 1 is 1.11 bits per heavy atom. The van der Waals surface area contributed by atoms with Crippen molar-refractivity contribution in [2.45, 2.75) is 64.0 Å². The lowest BCUT2D eigenvalue weighted by Crippen LogP contribution is -2.54. The lowest BCUT2D eigenvalue weighted by molar-refractivity contribution is -0.00929. The van der Waals surface area contributed by atoms with Crippen LogP contribution in [-0.4, -0.2) is 36.6 Å². The van der Waals surface area contributed by atoms with E-state index >= 15 is 0 Å². The van der Waals surface area contributed by atoms with Crippen LogP contribution in [0.25, 0.3) is 0 Å². The standard InChI is InChI=1S/C14H26N2.2ClH/c1-12-10-13(4-8-15-12)16-9-3-7-14(11-16)5-2-6-14;;/h12-13,15H,2-11H2,1H3;2*1H. The molecule has 4 heteroatoms. The van der Waals surface area contributed by atoms with Crippen LogP contribution in [0, 0.1) is 5.41 Å². The van der Waals surface area contributed by atoms with Gasteiger partial charge in [0, 0.05) is 18.6 Å². The Balaban J connectivity index is 0.000000810. The van der Waals surface area contributed by atoms with Crippen LogP contribution < -0.4 is 5.32 Å². The van der Waals surface area contributed by atoms with Gasteiger partial charge < -0.3 is 5.32 Å². The summed E-state index contributed by atoms with van der Waals surface area (Å²) in [6.45, 7) is 6.37. The van der Waals surface area contributed by atoms with E-state index in [0.29, 0.717) is 0 Å². The highest BCUT2D eigenvalue weighted by molar-refractivity contribution is 5.85. The lowest BCUT2D eigenvalue weighted by atomic mass is 9.64. The summed E-state index contributed by atoms with van der Waals surface area (Å²) in [7, 11) is 0. The maximum Gasteiger partial charge on any atom is 0.0122 e. The molecule has 1 N–H and O–H groups in total. The van der Waals surface area contributed by atoms with Crippen molar-refractivity contribution in [3.05, 3.63) is 0 Å². The van der Waals surface area contributed by atoms with Crippen LogP contribution in [0.1, 0.15) is 51.9 Å². The molecule has 1 saturated carbocycles. The van der Waals surface area contributed by atoms with Gasteiger partial charge in [-0.1, -0.05) is 6.42 Å². The van der Waals surface area contributed by atoms with E-state index in [1.807, 2.05) is 0 Å². The normalized spacial score (nSPS) is 35.2. The van der Waals surface area contributed by atoms with Crippen LogP contribution in [0.3, 0.4) is 0 Å². The summed E-state index contributed by atoms with van der Waals surface area (Å²) in [6.07, 6.45) is 10.3. The number of halogens is 2. The fourth-order valence-electron chi connectivity index (χ4n) is 4.08. The number of likely N-dealkylation sites (tertiary alicyclic amines) is 1. The summed E-state index contributed by atoms with van der Waals surface area (Å²) < 4.78 is 0. The van der Waals surface area contributed by atoms with Crippen LogP contribution in [0.5, 0.6) is 0 Å². The third-order valence-corrected chi connectivity index (χ3v) is 5.22. The molecule has 1 aliphatic carbocycles. The first-order valence-corrected chi connectivity index (χ1v) is 7.25. The molecule has 0 bridgehead atoms. The highest BCUT2D eigenvalue weighted by Gasteiger charge is 2.42. The van der Waals surface area contributed by atoms with E-state index in [2.05, 4.69) is 17.1 Å². The van der Waals surface area contributed by atoms with Gasteiger partial charge in [0.25, 0.3) is 0 Å². The molecule has 0 radical (unpaired) electrons. The smallest absolute Gasteiger partial charge is 0.0122 e. The summed E-state index contributed by atoms with van der Waals surface area (Å²) in [5.74, 6) is 0. The Morgan fingerprint density at radius 2 is 1.83 bits per heavy atom. The first kappa shape index (κ1) is 16.6. The molecule has 2 atom stereocenters. The average molecular weight is 295 g/mol. The maximum atomic E-state index is 3.57. The second kappa shape index (κ2) is 6.78. The summed E-state index contributed by atoms with van der Waals surface area (Å²) in [5.41, 5.74) is 0.770. The van der Waals surface area contributed by atoms with E-state index in [9.17, 15) is 0 Å². The van der Waals surface area contributed by atoms with Crippen molar-refractivity contribution >= 4 is 24.8 Å². The fraction of sp³-hybridized carbons (Fsp3) is 1.00. The Bertz CT molecular complexity index is 256. The molecule has 2 aliphatic heterocycles. The third kappa shape index (κ3) is 3.33. The lowest BCUT2D eigenvalue weighted by Gasteiger charge is -2.52. The van der Waals surface area contributed by atoms with Crippen LogP contribution in [0.4, 0.5) is 0 Å². The predicted molar refractivity (Wildman–Crippen MR) is 82.1 cm³/mol. The molecule has 3 rings (SSSR count). The van der Waals surface area contributed by atoms with E-state index in [-0.39, 0.29) is 24.8 Å². The van der Waals surface area contributed by atoms with Gasteiger partial charge in [-0.15, -0.1) is 24.8 Å². The van der Waals surface area contributed by atoms with Crippen molar-refractivity contribution in [2.24, 2.45) is 5.41 Å². The van der Waals surface area contributed by atoms with Gasteiger partial charge >= 0.3 is 0 Å². The summed E-state index contributed by atoms with van der Waals surface area (Å²) >= 11 is 0. The molecule has 2 heterocycles. The highest BCUT2D eigenvalue weighted by atomic mass is 35.5. The summed E-state index contributed by atoms with van der Waals surface area (Å²) in [4.78, 5) is 2.83. The number of hydrogen-bond donors (Lipinski definition) is 1. The second-order valence-corrected chi connectivity index (χ2v) is 6.46. The molecule has 0 amide bonds. The molecule has 18 heavy (non-hydrogen) atoms. The van der Waals surface area contributed by atoms with Crippen molar-refractivity contribution in [1.29, 1.82) is 0 Å². The van der Waals surface area contributed by atoms with Crippen LogP contribution >= 0.6 is 24.8 Å². The minimum atomic E-state index is 0. The van der Waals surface area contributed by atoms with E-state index in [1.165, 1.54) is 64.6 Å². The van der Waals surface area contributed by atoms with Crippen molar-refractivity contribution in [2.75, 3.05) is 19.6 Å². The quantitative estimate of drug-likeness (QED) is 0.799. The average Bonchev–Trinajstić information content (AvgIpc) is 2.27. The van der Waals surface area contributed by atoms with Gasteiger partial charge in [0.05, 0.1) is 0 Å². The largest absolute Gasteiger partial charge is 0.314 e. The molecular formula is C14H28Cl2N2. The van der Waals surface area contributed by atoms with Crippen molar-refractivity contribution in [3.63, 3.8) is 0 Å². The molecule has 3 fully saturated rings. The van der Waals surface area contributed by atoms with E-state index in [4.69, 9.17) is 0 Å². The number of nitrogens with one attached hydrogen (secondary N) is 1. The minimum Gasteiger partial charge on any atom is -0.314 e. The minimum absolute atomic E-state index is 0. The van der Waals surface area contributed by atoms with E-state index in [0.717, 1.165) is 17.5 Å². The predicted octanol–water partition coefficient (Wildman–Crippen LogP) is 3.24. The number of piperidine rings is 2. The number of hydrogen-bond acceptors (Lipinski definition) is 2. The third-order valence-electron chi connectivity index (χ3n) is 5.22. The zero-order valence-corrected chi connectivity index (χ0v) is 13.1.